The largest absolute Gasteiger partial charge is 0.348 e. The van der Waals surface area contributed by atoms with Crippen LogP contribution in [0.2, 0.25) is 10.0 Å². The van der Waals surface area contributed by atoms with Crippen LogP contribution in [-0.2, 0) is 16.3 Å². The van der Waals surface area contributed by atoms with Gasteiger partial charge < -0.3 is 4.90 Å². The Morgan fingerprint density at radius 1 is 1.23 bits per heavy atom. The van der Waals surface area contributed by atoms with Gasteiger partial charge in [0.1, 0.15) is 5.25 Å². The Morgan fingerprint density at radius 3 is 2.65 bits per heavy atom. The van der Waals surface area contributed by atoms with Gasteiger partial charge in [-0.15, -0.1) is 22.9 Å². The molecule has 4 nitrogen and oxygen atoms in total. The molecule has 0 bridgehead atoms. The Hall–Kier alpha value is -1.05. The number of aromatic nitrogens is 1. The SMILES string of the molecule is CC1(Cl)C=CC=CC1S(=O)(=O)C1CCN(c2nc(Cc3ccc(Cl)cc3Cl)cs2)CC1. The molecule has 0 radical (unpaired) electrons. The quantitative estimate of drug-likeness (QED) is 0.462. The van der Waals surface area contributed by atoms with Crippen LogP contribution in [0.25, 0.3) is 0 Å². The van der Waals surface area contributed by atoms with E-state index in [0.29, 0.717) is 42.4 Å². The van der Waals surface area contributed by atoms with Gasteiger partial charge in [0.15, 0.2) is 15.0 Å². The summed E-state index contributed by atoms with van der Waals surface area (Å²) in [4.78, 5) is 6.02. The number of hydrogen-bond acceptors (Lipinski definition) is 5. The van der Waals surface area contributed by atoms with Crippen LogP contribution >= 0.6 is 46.1 Å². The van der Waals surface area contributed by atoms with Crippen LogP contribution in [0.5, 0.6) is 0 Å². The van der Waals surface area contributed by atoms with E-state index in [1.54, 1.807) is 48.6 Å². The summed E-state index contributed by atoms with van der Waals surface area (Å²) in [6.07, 6.45) is 8.82. The third-order valence-corrected chi connectivity index (χ3v) is 10.6. The molecule has 0 N–H and O–H groups in total. The number of hydrogen-bond donors (Lipinski definition) is 0. The molecule has 166 valence electrons. The van der Waals surface area contributed by atoms with Gasteiger partial charge in [0.05, 0.1) is 15.8 Å². The Balaban J connectivity index is 1.40. The van der Waals surface area contributed by atoms with E-state index < -0.39 is 25.2 Å². The highest BCUT2D eigenvalue weighted by Gasteiger charge is 2.44. The van der Waals surface area contributed by atoms with Gasteiger partial charge in [-0.25, -0.2) is 13.4 Å². The minimum absolute atomic E-state index is 0.393. The summed E-state index contributed by atoms with van der Waals surface area (Å²) in [5.74, 6) is 0. The number of halogens is 3. The fourth-order valence-electron chi connectivity index (χ4n) is 4.09. The molecule has 2 aromatic rings. The monoisotopic (exact) mass is 516 g/mol. The van der Waals surface area contributed by atoms with Gasteiger partial charge >= 0.3 is 0 Å². The number of alkyl halides is 1. The first kappa shape index (κ1) is 23.1. The topological polar surface area (TPSA) is 50.3 Å². The molecule has 1 aliphatic carbocycles. The van der Waals surface area contributed by atoms with Gasteiger partial charge in [-0.1, -0.05) is 53.6 Å². The average molecular weight is 518 g/mol. The highest BCUT2D eigenvalue weighted by molar-refractivity contribution is 7.93. The number of nitrogens with zero attached hydrogens (tertiary/aromatic N) is 2. The lowest BCUT2D eigenvalue weighted by Gasteiger charge is -2.36. The number of allylic oxidation sites excluding steroid dienone is 3. The molecule has 0 spiro atoms. The zero-order valence-corrected chi connectivity index (χ0v) is 20.9. The second-order valence-electron chi connectivity index (χ2n) is 8.13. The number of piperidine rings is 1. The molecule has 1 aromatic heterocycles. The van der Waals surface area contributed by atoms with E-state index in [4.69, 9.17) is 39.8 Å². The van der Waals surface area contributed by atoms with Crippen molar-refractivity contribution in [1.29, 1.82) is 0 Å². The van der Waals surface area contributed by atoms with E-state index in [0.717, 1.165) is 16.4 Å². The van der Waals surface area contributed by atoms with Crippen LogP contribution in [0.15, 0.2) is 47.9 Å². The molecule has 31 heavy (non-hydrogen) atoms. The maximum absolute atomic E-state index is 13.2. The normalized spacial score (nSPS) is 24.6. The van der Waals surface area contributed by atoms with E-state index in [9.17, 15) is 8.42 Å². The maximum atomic E-state index is 13.2. The highest BCUT2D eigenvalue weighted by Crippen LogP contribution is 2.36. The molecule has 0 amide bonds. The zero-order chi connectivity index (χ0) is 22.2. The molecule has 1 saturated heterocycles. The third-order valence-electron chi connectivity index (χ3n) is 5.83. The van der Waals surface area contributed by atoms with Gasteiger partial charge in [0, 0.05) is 34.9 Å². The molecule has 1 aromatic carbocycles. The molecule has 2 aliphatic rings. The fraction of sp³-hybridized carbons (Fsp3) is 0.409. The molecular weight excluding hydrogens is 495 g/mol. The minimum Gasteiger partial charge on any atom is -0.348 e. The van der Waals surface area contributed by atoms with Crippen molar-refractivity contribution in [2.75, 3.05) is 18.0 Å². The summed E-state index contributed by atoms with van der Waals surface area (Å²) < 4.78 is 26.5. The second-order valence-corrected chi connectivity index (χ2v) is 13.0. The van der Waals surface area contributed by atoms with Crippen molar-refractivity contribution in [3.05, 3.63) is 69.2 Å². The molecular formula is C22H23Cl3N2O2S2. The van der Waals surface area contributed by atoms with E-state index in [-0.39, 0.29) is 0 Å². The van der Waals surface area contributed by atoms with Crippen LogP contribution in [0.1, 0.15) is 31.0 Å². The number of thiazole rings is 1. The Kier molecular flexibility index (Phi) is 6.76. The standard InChI is InChI=1S/C22H23Cl3N2O2S2/c1-22(25)9-3-2-4-20(22)31(28,29)18-7-10-27(11-8-18)21-26-17(14-30-21)12-15-5-6-16(23)13-19(15)24/h2-6,9,13-14,18,20H,7-8,10-12H2,1H3. The first-order valence-electron chi connectivity index (χ1n) is 10.1. The molecule has 1 aliphatic heterocycles. The van der Waals surface area contributed by atoms with E-state index >= 15 is 0 Å². The van der Waals surface area contributed by atoms with Crippen LogP contribution in [0.3, 0.4) is 0 Å². The van der Waals surface area contributed by atoms with Gasteiger partial charge in [-0.2, -0.15) is 0 Å². The van der Waals surface area contributed by atoms with Crippen LogP contribution in [0.4, 0.5) is 5.13 Å². The fourth-order valence-corrected chi connectivity index (χ4v) is 8.27. The van der Waals surface area contributed by atoms with Crippen molar-refractivity contribution in [1.82, 2.24) is 4.98 Å². The van der Waals surface area contributed by atoms with Crippen molar-refractivity contribution < 1.29 is 8.42 Å². The Bertz CT molecular complexity index is 1120. The molecule has 2 unspecified atom stereocenters. The van der Waals surface area contributed by atoms with Gasteiger partial charge in [0.2, 0.25) is 0 Å². The number of rotatable bonds is 5. The smallest absolute Gasteiger partial charge is 0.185 e. The predicted octanol–water partition coefficient (Wildman–Crippen LogP) is 5.92. The molecule has 1 fully saturated rings. The van der Waals surface area contributed by atoms with Crippen molar-refractivity contribution in [3.63, 3.8) is 0 Å². The summed E-state index contributed by atoms with van der Waals surface area (Å²) in [7, 11) is -3.38. The predicted molar refractivity (Wildman–Crippen MR) is 132 cm³/mol. The molecule has 2 heterocycles. The minimum atomic E-state index is -3.38. The molecule has 9 heteroatoms. The van der Waals surface area contributed by atoms with Gasteiger partial charge in [0.25, 0.3) is 0 Å². The summed E-state index contributed by atoms with van der Waals surface area (Å²) in [6, 6.07) is 5.48. The molecule has 2 atom stereocenters. The van der Waals surface area contributed by atoms with Crippen molar-refractivity contribution in [2.45, 2.75) is 41.6 Å². The van der Waals surface area contributed by atoms with Crippen molar-refractivity contribution >= 4 is 61.1 Å². The Labute approximate surface area is 202 Å². The van der Waals surface area contributed by atoms with Gasteiger partial charge in [-0.05, 0) is 37.5 Å². The Morgan fingerprint density at radius 2 is 1.97 bits per heavy atom. The first-order valence-corrected chi connectivity index (χ1v) is 13.7. The number of anilines is 1. The highest BCUT2D eigenvalue weighted by atomic mass is 35.5. The molecule has 0 saturated carbocycles. The summed E-state index contributed by atoms with van der Waals surface area (Å²) >= 11 is 20.3. The zero-order valence-electron chi connectivity index (χ0n) is 17.0. The lowest BCUT2D eigenvalue weighted by molar-refractivity contribution is 0.518. The van der Waals surface area contributed by atoms with Crippen LogP contribution in [0, 0.1) is 0 Å². The van der Waals surface area contributed by atoms with Crippen LogP contribution < -0.4 is 4.90 Å². The summed E-state index contributed by atoms with van der Waals surface area (Å²) in [5, 5.41) is 3.10. The maximum Gasteiger partial charge on any atom is 0.185 e. The number of sulfone groups is 1. The summed E-state index contributed by atoms with van der Waals surface area (Å²) in [5.41, 5.74) is 1.92. The second kappa shape index (κ2) is 9.06. The molecule has 4 rings (SSSR count). The lowest BCUT2D eigenvalue weighted by atomic mass is 10.0. The van der Waals surface area contributed by atoms with Crippen LogP contribution in [-0.4, -0.2) is 41.9 Å². The van der Waals surface area contributed by atoms with Crippen molar-refractivity contribution in [3.8, 4) is 0 Å². The van der Waals surface area contributed by atoms with E-state index in [1.807, 2.05) is 17.5 Å². The first-order chi connectivity index (χ1) is 14.7. The van der Waals surface area contributed by atoms with E-state index in [1.165, 1.54) is 0 Å². The van der Waals surface area contributed by atoms with Crippen molar-refractivity contribution in [2.24, 2.45) is 0 Å². The van der Waals surface area contributed by atoms with Gasteiger partial charge in [-0.3, -0.25) is 0 Å². The lowest BCUT2D eigenvalue weighted by Crippen LogP contribution is -2.47. The van der Waals surface area contributed by atoms with E-state index in [2.05, 4.69) is 4.90 Å². The summed E-state index contributed by atoms with van der Waals surface area (Å²) in [6.45, 7) is 3.07. The average Bonchev–Trinajstić information content (AvgIpc) is 3.18. The number of benzene rings is 1. The third kappa shape index (κ3) is 4.98.